The Hall–Kier alpha value is -3.43. The quantitative estimate of drug-likeness (QED) is 0.488. The first kappa shape index (κ1) is 25.2. The minimum Gasteiger partial charge on any atom is -0.480 e. The van der Waals surface area contributed by atoms with Gasteiger partial charge in [0.1, 0.15) is 12.1 Å². The summed E-state index contributed by atoms with van der Waals surface area (Å²) < 4.78 is 15.7. The number of benzene rings is 2. The van der Waals surface area contributed by atoms with Crippen molar-refractivity contribution in [1.29, 1.82) is 0 Å². The largest absolute Gasteiger partial charge is 0.480 e. The molecule has 3 rings (SSSR count). The molecule has 1 aliphatic rings. The fourth-order valence-corrected chi connectivity index (χ4v) is 4.12. The van der Waals surface area contributed by atoms with E-state index in [0.717, 1.165) is 22.3 Å². The zero-order valence-electron chi connectivity index (χ0n) is 19.7. The maximum atomic E-state index is 12.9. The third-order valence-corrected chi connectivity index (χ3v) is 6.05. The van der Waals surface area contributed by atoms with Gasteiger partial charge in [-0.15, -0.1) is 0 Å². The van der Waals surface area contributed by atoms with Crippen molar-refractivity contribution in [1.82, 2.24) is 10.6 Å². The number of fused-ring (bicyclic) bond motifs is 3. The van der Waals surface area contributed by atoms with Crippen molar-refractivity contribution >= 4 is 18.0 Å². The van der Waals surface area contributed by atoms with Crippen LogP contribution in [0.1, 0.15) is 30.9 Å². The SMILES string of the molecule is COCC(C)(NC(=O)OCC1c2ccccc2-c2ccccc21)C(=O)N[C@H](C(=O)O)[C@@H](C)OC. The zero-order valence-corrected chi connectivity index (χ0v) is 19.7. The molecule has 0 aromatic heterocycles. The lowest BCUT2D eigenvalue weighted by molar-refractivity contribution is -0.147. The smallest absolute Gasteiger partial charge is 0.408 e. The number of aliphatic carboxylic acids is 1. The number of ether oxygens (including phenoxy) is 3. The van der Waals surface area contributed by atoms with Crippen LogP contribution in [0.4, 0.5) is 4.79 Å². The molecule has 2 amide bonds. The van der Waals surface area contributed by atoms with Gasteiger partial charge in [0.15, 0.2) is 6.04 Å². The van der Waals surface area contributed by atoms with Crippen molar-refractivity contribution in [3.63, 3.8) is 0 Å². The first-order chi connectivity index (χ1) is 16.2. The monoisotopic (exact) mass is 470 g/mol. The summed E-state index contributed by atoms with van der Waals surface area (Å²) in [6, 6.07) is 14.6. The van der Waals surface area contributed by atoms with Crippen LogP contribution in [0.3, 0.4) is 0 Å². The van der Waals surface area contributed by atoms with E-state index >= 15 is 0 Å². The van der Waals surface area contributed by atoms with Crippen LogP contribution in [0.5, 0.6) is 0 Å². The number of methoxy groups -OCH3 is 2. The Morgan fingerprint density at radius 2 is 1.59 bits per heavy atom. The van der Waals surface area contributed by atoms with Crippen LogP contribution >= 0.6 is 0 Å². The van der Waals surface area contributed by atoms with Crippen molar-refractivity contribution < 1.29 is 33.7 Å². The van der Waals surface area contributed by atoms with Gasteiger partial charge in [0.25, 0.3) is 0 Å². The molecule has 0 spiro atoms. The number of alkyl carbamates (subject to hydrolysis) is 1. The summed E-state index contributed by atoms with van der Waals surface area (Å²) in [7, 11) is 2.72. The third kappa shape index (κ3) is 5.21. The van der Waals surface area contributed by atoms with Crippen molar-refractivity contribution in [3.05, 3.63) is 59.7 Å². The minimum atomic E-state index is -1.57. The van der Waals surface area contributed by atoms with E-state index in [0.29, 0.717) is 0 Å². The van der Waals surface area contributed by atoms with Gasteiger partial charge in [0.05, 0.1) is 12.7 Å². The number of amides is 2. The molecule has 0 saturated carbocycles. The van der Waals surface area contributed by atoms with E-state index in [1.165, 1.54) is 28.1 Å². The van der Waals surface area contributed by atoms with Crippen molar-refractivity contribution in [2.24, 2.45) is 0 Å². The number of nitrogens with one attached hydrogen (secondary N) is 2. The highest BCUT2D eigenvalue weighted by Gasteiger charge is 2.39. The Balaban J connectivity index is 1.70. The van der Waals surface area contributed by atoms with Gasteiger partial charge in [0.2, 0.25) is 5.91 Å². The van der Waals surface area contributed by atoms with E-state index in [9.17, 15) is 19.5 Å². The number of carboxylic acids is 1. The van der Waals surface area contributed by atoms with E-state index in [1.807, 2.05) is 48.5 Å². The fourth-order valence-electron chi connectivity index (χ4n) is 4.12. The van der Waals surface area contributed by atoms with Crippen LogP contribution in [-0.4, -0.2) is 68.2 Å². The summed E-state index contributed by atoms with van der Waals surface area (Å²) in [5, 5.41) is 14.4. The van der Waals surface area contributed by atoms with E-state index in [-0.39, 0.29) is 19.1 Å². The van der Waals surface area contributed by atoms with Gasteiger partial charge in [-0.2, -0.15) is 0 Å². The molecule has 2 aromatic rings. The highest BCUT2D eigenvalue weighted by atomic mass is 16.5. The molecule has 9 heteroatoms. The van der Waals surface area contributed by atoms with E-state index in [1.54, 1.807) is 0 Å². The van der Waals surface area contributed by atoms with Gasteiger partial charge in [-0.05, 0) is 36.1 Å². The normalized spacial score (nSPS) is 15.9. The molecule has 0 bridgehead atoms. The van der Waals surface area contributed by atoms with Crippen LogP contribution in [0.15, 0.2) is 48.5 Å². The van der Waals surface area contributed by atoms with Crippen LogP contribution in [-0.2, 0) is 23.8 Å². The first-order valence-electron chi connectivity index (χ1n) is 10.9. The number of carbonyl (C=O) groups excluding carboxylic acids is 2. The molecular formula is C25H30N2O7. The second-order valence-corrected chi connectivity index (χ2v) is 8.45. The molecule has 34 heavy (non-hydrogen) atoms. The highest BCUT2D eigenvalue weighted by Crippen LogP contribution is 2.44. The Labute approximate surface area is 198 Å². The summed E-state index contributed by atoms with van der Waals surface area (Å²) in [6.07, 6.45) is -1.61. The molecule has 3 N–H and O–H groups in total. The standard InChI is InChI=1S/C25H30N2O7/c1-15(33-4)21(22(28)29)26-23(30)25(2,14-32-3)27-24(31)34-13-20-18-11-7-5-9-16(18)17-10-6-8-12-19(17)20/h5-12,15,20-21H,13-14H2,1-4H3,(H,26,30)(H,27,31)(H,28,29)/t15-,21+,25?/m1/s1. The van der Waals surface area contributed by atoms with Gasteiger partial charge < -0.3 is 30.0 Å². The molecule has 0 aliphatic heterocycles. The van der Waals surface area contributed by atoms with Crippen LogP contribution < -0.4 is 10.6 Å². The number of hydrogen-bond donors (Lipinski definition) is 3. The maximum absolute atomic E-state index is 12.9. The summed E-state index contributed by atoms with van der Waals surface area (Å²) in [4.78, 5) is 37.2. The Bertz CT molecular complexity index is 1010. The average Bonchev–Trinajstić information content (AvgIpc) is 3.14. The number of hydrogen-bond acceptors (Lipinski definition) is 6. The lowest BCUT2D eigenvalue weighted by Crippen LogP contribution is -2.63. The molecule has 3 atom stereocenters. The lowest BCUT2D eigenvalue weighted by Gasteiger charge is -2.31. The van der Waals surface area contributed by atoms with Gasteiger partial charge in [-0.25, -0.2) is 9.59 Å². The predicted molar refractivity (Wildman–Crippen MR) is 125 cm³/mol. The van der Waals surface area contributed by atoms with Crippen molar-refractivity contribution in [3.8, 4) is 11.1 Å². The van der Waals surface area contributed by atoms with E-state index in [2.05, 4.69) is 10.6 Å². The molecular weight excluding hydrogens is 440 g/mol. The molecule has 0 radical (unpaired) electrons. The third-order valence-electron chi connectivity index (χ3n) is 6.05. The van der Waals surface area contributed by atoms with Crippen LogP contribution in [0, 0.1) is 0 Å². The van der Waals surface area contributed by atoms with Crippen LogP contribution in [0.2, 0.25) is 0 Å². The Morgan fingerprint density at radius 1 is 1.03 bits per heavy atom. The van der Waals surface area contributed by atoms with Gasteiger partial charge in [-0.1, -0.05) is 48.5 Å². The van der Waals surface area contributed by atoms with Gasteiger partial charge in [0, 0.05) is 20.1 Å². The zero-order chi connectivity index (χ0) is 24.9. The van der Waals surface area contributed by atoms with E-state index in [4.69, 9.17) is 14.2 Å². The van der Waals surface area contributed by atoms with E-state index < -0.39 is 35.7 Å². The van der Waals surface area contributed by atoms with Gasteiger partial charge >= 0.3 is 12.1 Å². The average molecular weight is 471 g/mol. The summed E-state index contributed by atoms with van der Waals surface area (Å²) in [6.45, 7) is 2.83. The van der Waals surface area contributed by atoms with Crippen molar-refractivity contribution in [2.45, 2.75) is 37.5 Å². The molecule has 1 aliphatic carbocycles. The Kier molecular flexibility index (Phi) is 7.90. The summed E-state index contributed by atoms with van der Waals surface area (Å²) >= 11 is 0. The number of rotatable bonds is 10. The first-order valence-corrected chi connectivity index (χ1v) is 10.9. The topological polar surface area (TPSA) is 123 Å². The molecule has 2 aromatic carbocycles. The minimum absolute atomic E-state index is 0.0724. The fraction of sp³-hybridized carbons (Fsp3) is 0.400. The molecule has 9 nitrogen and oxygen atoms in total. The molecule has 0 saturated heterocycles. The highest BCUT2D eigenvalue weighted by molar-refractivity contribution is 5.92. The molecule has 182 valence electrons. The van der Waals surface area contributed by atoms with Crippen molar-refractivity contribution in [2.75, 3.05) is 27.4 Å². The van der Waals surface area contributed by atoms with Crippen LogP contribution in [0.25, 0.3) is 11.1 Å². The molecule has 0 heterocycles. The van der Waals surface area contributed by atoms with Gasteiger partial charge in [-0.3, -0.25) is 4.79 Å². The second kappa shape index (κ2) is 10.7. The molecule has 1 unspecified atom stereocenters. The predicted octanol–water partition coefficient (Wildman–Crippen LogP) is 2.53. The lowest BCUT2D eigenvalue weighted by atomic mass is 9.98. The summed E-state index contributed by atoms with van der Waals surface area (Å²) in [5.41, 5.74) is 2.75. The number of carbonyl (C=O) groups is 3. The summed E-state index contributed by atoms with van der Waals surface area (Å²) in [5.74, 6) is -2.14. The second-order valence-electron chi connectivity index (χ2n) is 8.45. The Morgan fingerprint density at radius 3 is 2.09 bits per heavy atom. The maximum Gasteiger partial charge on any atom is 0.408 e. The number of carboxylic acid groups (broad SMARTS) is 1. The molecule has 0 fully saturated rings.